The molecule has 6 nitrogen and oxygen atoms in total. The summed E-state index contributed by atoms with van der Waals surface area (Å²) in [4.78, 5) is 33.1. The van der Waals surface area contributed by atoms with Gasteiger partial charge in [-0.05, 0) is 30.8 Å². The first-order chi connectivity index (χ1) is 11.5. The molecule has 0 spiro atoms. The molecule has 2 aliphatic heterocycles. The van der Waals surface area contributed by atoms with Crippen LogP contribution >= 0.6 is 0 Å². The van der Waals surface area contributed by atoms with Gasteiger partial charge in [-0.3, -0.25) is 14.5 Å². The Balaban J connectivity index is 1.72. The van der Waals surface area contributed by atoms with E-state index in [2.05, 4.69) is 16.7 Å². The molecule has 0 aliphatic carbocycles. The van der Waals surface area contributed by atoms with Crippen LogP contribution in [0.1, 0.15) is 13.3 Å². The number of hydrogen-bond acceptors (Lipinski definition) is 5. The Kier molecular flexibility index (Phi) is 4.87. The minimum atomic E-state index is -0.301. The van der Waals surface area contributed by atoms with Gasteiger partial charge in [-0.2, -0.15) is 0 Å². The van der Waals surface area contributed by atoms with E-state index < -0.39 is 0 Å². The van der Waals surface area contributed by atoms with Gasteiger partial charge < -0.3 is 9.80 Å². The molecule has 0 radical (unpaired) electrons. The standard InChI is InChI=1S/C18H26N4O2/c1-4-20-9-11-21(12-10-20)16-13-17(23)22(18(16)24)15-7-5-14(6-8-15)19(2)3/h5-8,16H,4,9-13H2,1-3H3/t16-/m1/s1. The second-order valence-corrected chi connectivity index (χ2v) is 6.67. The van der Waals surface area contributed by atoms with Crippen molar-refractivity contribution in [3.8, 4) is 0 Å². The van der Waals surface area contributed by atoms with Crippen molar-refractivity contribution in [3.05, 3.63) is 24.3 Å². The van der Waals surface area contributed by atoms with Crippen molar-refractivity contribution in [2.45, 2.75) is 19.4 Å². The summed E-state index contributed by atoms with van der Waals surface area (Å²) >= 11 is 0. The Labute approximate surface area is 143 Å². The number of amides is 2. The highest BCUT2D eigenvalue weighted by Crippen LogP contribution is 2.27. The van der Waals surface area contributed by atoms with Crippen molar-refractivity contribution < 1.29 is 9.59 Å². The van der Waals surface area contributed by atoms with Gasteiger partial charge in [0.1, 0.15) is 0 Å². The molecular weight excluding hydrogens is 304 g/mol. The number of carbonyl (C=O) groups excluding carboxylic acids is 2. The number of rotatable bonds is 4. The smallest absolute Gasteiger partial charge is 0.251 e. The normalized spacial score (nSPS) is 23.1. The number of hydrogen-bond donors (Lipinski definition) is 0. The maximum absolute atomic E-state index is 12.8. The molecule has 0 saturated carbocycles. The molecule has 1 aromatic rings. The lowest BCUT2D eigenvalue weighted by Crippen LogP contribution is -2.52. The quantitative estimate of drug-likeness (QED) is 0.772. The largest absolute Gasteiger partial charge is 0.378 e. The zero-order valence-corrected chi connectivity index (χ0v) is 14.7. The van der Waals surface area contributed by atoms with Crippen molar-refractivity contribution in [2.24, 2.45) is 0 Å². The summed E-state index contributed by atoms with van der Waals surface area (Å²) in [6.45, 7) is 6.82. The van der Waals surface area contributed by atoms with Gasteiger partial charge in [0.15, 0.2) is 0 Å². The van der Waals surface area contributed by atoms with Crippen LogP contribution in [-0.4, -0.2) is 74.5 Å². The molecule has 24 heavy (non-hydrogen) atoms. The summed E-state index contributed by atoms with van der Waals surface area (Å²) in [5.41, 5.74) is 1.72. The third kappa shape index (κ3) is 3.16. The molecule has 2 fully saturated rings. The van der Waals surface area contributed by atoms with Crippen LogP contribution in [-0.2, 0) is 9.59 Å². The molecule has 2 heterocycles. The molecule has 1 aromatic carbocycles. The highest BCUT2D eigenvalue weighted by atomic mass is 16.2. The zero-order valence-electron chi connectivity index (χ0n) is 14.7. The summed E-state index contributed by atoms with van der Waals surface area (Å²) in [5, 5.41) is 0. The average Bonchev–Trinajstić information content (AvgIpc) is 2.89. The Hall–Kier alpha value is -1.92. The minimum absolute atomic E-state index is 0.0810. The van der Waals surface area contributed by atoms with Gasteiger partial charge in [0, 0.05) is 46.0 Å². The van der Waals surface area contributed by atoms with E-state index in [0.717, 1.165) is 38.4 Å². The minimum Gasteiger partial charge on any atom is -0.378 e. The van der Waals surface area contributed by atoms with E-state index in [9.17, 15) is 9.59 Å². The van der Waals surface area contributed by atoms with Crippen LogP contribution in [0, 0.1) is 0 Å². The molecule has 6 heteroatoms. The van der Waals surface area contributed by atoms with Crippen LogP contribution in [0.15, 0.2) is 24.3 Å². The number of carbonyl (C=O) groups is 2. The summed E-state index contributed by atoms with van der Waals surface area (Å²) in [6.07, 6.45) is 0.292. The van der Waals surface area contributed by atoms with Gasteiger partial charge in [-0.25, -0.2) is 4.90 Å². The van der Waals surface area contributed by atoms with Gasteiger partial charge in [-0.15, -0.1) is 0 Å². The van der Waals surface area contributed by atoms with Crippen molar-refractivity contribution >= 4 is 23.2 Å². The van der Waals surface area contributed by atoms with Crippen LogP contribution in [0.5, 0.6) is 0 Å². The fourth-order valence-corrected chi connectivity index (χ4v) is 3.46. The fraction of sp³-hybridized carbons (Fsp3) is 0.556. The molecule has 1 atom stereocenters. The average molecular weight is 330 g/mol. The van der Waals surface area contributed by atoms with Crippen LogP contribution in [0.25, 0.3) is 0 Å². The van der Waals surface area contributed by atoms with Gasteiger partial charge in [0.05, 0.1) is 18.2 Å². The van der Waals surface area contributed by atoms with E-state index >= 15 is 0 Å². The van der Waals surface area contributed by atoms with E-state index in [0.29, 0.717) is 12.1 Å². The second-order valence-electron chi connectivity index (χ2n) is 6.67. The lowest BCUT2D eigenvalue weighted by Gasteiger charge is -2.36. The Morgan fingerprint density at radius 1 is 1.04 bits per heavy atom. The number of imide groups is 1. The van der Waals surface area contributed by atoms with Crippen LogP contribution < -0.4 is 9.80 Å². The topological polar surface area (TPSA) is 47.1 Å². The molecule has 0 unspecified atom stereocenters. The Morgan fingerprint density at radius 3 is 2.21 bits per heavy atom. The highest BCUT2D eigenvalue weighted by molar-refractivity contribution is 6.22. The maximum atomic E-state index is 12.8. The van der Waals surface area contributed by atoms with E-state index in [4.69, 9.17) is 0 Å². The van der Waals surface area contributed by atoms with Crippen molar-refractivity contribution in [1.29, 1.82) is 0 Å². The molecule has 0 N–H and O–H groups in total. The molecule has 2 aliphatic rings. The molecule has 0 bridgehead atoms. The lowest BCUT2D eigenvalue weighted by molar-refractivity contribution is -0.123. The number of benzene rings is 1. The fourth-order valence-electron chi connectivity index (χ4n) is 3.46. The van der Waals surface area contributed by atoms with Gasteiger partial charge in [0.25, 0.3) is 5.91 Å². The third-order valence-corrected chi connectivity index (χ3v) is 5.04. The zero-order chi connectivity index (χ0) is 17.3. The Morgan fingerprint density at radius 2 is 1.67 bits per heavy atom. The van der Waals surface area contributed by atoms with Crippen molar-refractivity contribution in [2.75, 3.05) is 56.6 Å². The first-order valence-electron chi connectivity index (χ1n) is 8.62. The SMILES string of the molecule is CCN1CCN([C@@H]2CC(=O)N(c3ccc(N(C)C)cc3)C2=O)CC1. The van der Waals surface area contributed by atoms with Gasteiger partial charge in [-0.1, -0.05) is 6.92 Å². The van der Waals surface area contributed by atoms with E-state index in [1.807, 2.05) is 43.3 Å². The lowest BCUT2D eigenvalue weighted by atomic mass is 10.1. The summed E-state index contributed by atoms with van der Waals surface area (Å²) < 4.78 is 0. The maximum Gasteiger partial charge on any atom is 0.251 e. The van der Waals surface area contributed by atoms with E-state index in [1.165, 1.54) is 4.90 Å². The Bertz CT molecular complexity index is 606. The predicted octanol–water partition coefficient (Wildman–Crippen LogP) is 1.02. The van der Waals surface area contributed by atoms with E-state index in [-0.39, 0.29) is 17.9 Å². The summed E-state index contributed by atoms with van der Waals surface area (Å²) in [6, 6.07) is 7.27. The highest BCUT2D eigenvalue weighted by Gasteiger charge is 2.43. The second kappa shape index (κ2) is 6.91. The van der Waals surface area contributed by atoms with Gasteiger partial charge in [0.2, 0.25) is 5.91 Å². The molecule has 3 rings (SSSR count). The molecule has 130 valence electrons. The van der Waals surface area contributed by atoms with Crippen LogP contribution in [0.3, 0.4) is 0 Å². The van der Waals surface area contributed by atoms with Crippen molar-refractivity contribution in [3.63, 3.8) is 0 Å². The first-order valence-corrected chi connectivity index (χ1v) is 8.62. The summed E-state index contributed by atoms with van der Waals surface area (Å²) in [5.74, 6) is -0.178. The molecule has 2 saturated heterocycles. The first kappa shape index (κ1) is 16.9. The molecule has 2 amide bonds. The van der Waals surface area contributed by atoms with Crippen LogP contribution in [0.4, 0.5) is 11.4 Å². The number of nitrogens with zero attached hydrogens (tertiary/aromatic N) is 4. The predicted molar refractivity (Wildman–Crippen MR) is 95.4 cm³/mol. The monoisotopic (exact) mass is 330 g/mol. The summed E-state index contributed by atoms with van der Waals surface area (Å²) in [7, 11) is 3.93. The molecule has 0 aromatic heterocycles. The van der Waals surface area contributed by atoms with Crippen LogP contribution in [0.2, 0.25) is 0 Å². The van der Waals surface area contributed by atoms with Crippen molar-refractivity contribution in [1.82, 2.24) is 9.80 Å². The van der Waals surface area contributed by atoms with Gasteiger partial charge >= 0.3 is 0 Å². The number of anilines is 2. The number of piperazine rings is 1. The van der Waals surface area contributed by atoms with E-state index in [1.54, 1.807) is 0 Å². The molecular formula is C18H26N4O2. The third-order valence-electron chi connectivity index (χ3n) is 5.04. The number of likely N-dealkylation sites (N-methyl/N-ethyl adjacent to an activating group) is 1.